The molecule has 0 rings (SSSR count). The molecule has 0 aromatic rings. The third-order valence-corrected chi connectivity index (χ3v) is 14.9. The predicted molar refractivity (Wildman–Crippen MR) is 325 cm³/mol. The van der Waals surface area contributed by atoms with Crippen molar-refractivity contribution in [1.82, 2.24) is 5.32 Å². The number of phosphoric ester groups is 1. The Kier molecular flexibility index (Phi) is 53.9. The van der Waals surface area contributed by atoms with E-state index in [1.165, 1.54) is 148 Å². The van der Waals surface area contributed by atoms with Crippen LogP contribution in [0.2, 0.25) is 0 Å². The average molecular weight is 1090 g/mol. The summed E-state index contributed by atoms with van der Waals surface area (Å²) >= 11 is 0. The standard InChI is InChI=1S/C66H121N2O7P/c1-7-10-13-16-19-22-25-28-30-31-32-33-34-35-36-37-39-41-44-47-50-53-56-59-66(70)75-64(57-54-51-48-45-42-27-24-21-18-15-12-9-3)63(62-74-76(71,72)73-61-60-68(4,5)6)67-65(69)58-55-52-49-46-43-40-38-29-26-23-20-17-14-11-8-2/h10,13,19,22,28,30,32-33,35-36,54,57,63-64H,7-9,11-12,14-18,20-21,23-27,29,31,34,37-53,55-56,58-62H2,1-6H3,(H-,67,69,71,72)/b13-10-,22-19-,30-28-,33-32-,36-35-,57-54+. The summed E-state index contributed by atoms with van der Waals surface area (Å²) in [5.74, 6) is -0.547. The Morgan fingerprint density at radius 2 is 0.842 bits per heavy atom. The van der Waals surface area contributed by atoms with Crippen LogP contribution in [0.3, 0.4) is 0 Å². The summed E-state index contributed by atoms with van der Waals surface area (Å²) < 4.78 is 30.3. The maximum atomic E-state index is 13.5. The molecule has 1 amide bonds. The number of phosphoric acid groups is 1. The van der Waals surface area contributed by atoms with E-state index in [9.17, 15) is 19.0 Å². The highest BCUT2D eigenvalue weighted by Crippen LogP contribution is 2.38. The van der Waals surface area contributed by atoms with Crippen LogP contribution in [0, 0.1) is 0 Å². The number of nitrogens with zero attached hydrogens (tertiary/aromatic N) is 1. The summed E-state index contributed by atoms with van der Waals surface area (Å²) in [5, 5.41) is 3.03. The largest absolute Gasteiger partial charge is 0.756 e. The van der Waals surface area contributed by atoms with Gasteiger partial charge >= 0.3 is 5.97 Å². The van der Waals surface area contributed by atoms with Crippen LogP contribution in [0.25, 0.3) is 0 Å². The highest BCUT2D eigenvalue weighted by Gasteiger charge is 2.27. The van der Waals surface area contributed by atoms with Gasteiger partial charge in [0, 0.05) is 12.8 Å². The molecule has 0 aromatic carbocycles. The zero-order chi connectivity index (χ0) is 55.7. The molecule has 0 saturated carbocycles. The van der Waals surface area contributed by atoms with Crippen LogP contribution in [0.5, 0.6) is 0 Å². The zero-order valence-electron chi connectivity index (χ0n) is 50.4. The van der Waals surface area contributed by atoms with Crippen LogP contribution in [-0.2, 0) is 27.9 Å². The molecule has 0 aliphatic carbocycles. The van der Waals surface area contributed by atoms with Crippen LogP contribution < -0.4 is 10.2 Å². The Balaban J connectivity index is 5.21. The van der Waals surface area contributed by atoms with Crippen molar-refractivity contribution in [3.63, 3.8) is 0 Å². The highest BCUT2D eigenvalue weighted by atomic mass is 31.2. The fourth-order valence-electron chi connectivity index (χ4n) is 9.02. The van der Waals surface area contributed by atoms with E-state index in [1.807, 2.05) is 33.3 Å². The fraction of sp³-hybridized carbons (Fsp3) is 0.788. The Labute approximate surface area is 470 Å². The van der Waals surface area contributed by atoms with E-state index in [2.05, 4.69) is 86.8 Å². The number of amides is 1. The van der Waals surface area contributed by atoms with E-state index in [4.69, 9.17) is 13.8 Å². The first kappa shape index (κ1) is 73.5. The number of quaternary nitrogens is 1. The van der Waals surface area contributed by atoms with E-state index in [0.717, 1.165) is 103 Å². The number of rotatable bonds is 57. The second-order valence-electron chi connectivity index (χ2n) is 22.5. The van der Waals surface area contributed by atoms with E-state index in [1.54, 1.807) is 0 Å². The molecular weight excluding hydrogens is 964 g/mol. The number of carbonyl (C=O) groups is 2. The summed E-state index contributed by atoms with van der Waals surface area (Å²) in [6.07, 6.45) is 71.5. The molecule has 1 N–H and O–H groups in total. The first-order valence-electron chi connectivity index (χ1n) is 31.7. The molecule has 0 aromatic heterocycles. The first-order chi connectivity index (χ1) is 36.9. The minimum atomic E-state index is -4.70. The van der Waals surface area contributed by atoms with Gasteiger partial charge < -0.3 is 28.5 Å². The number of carbonyl (C=O) groups excluding carboxylic acids is 2. The van der Waals surface area contributed by atoms with Gasteiger partial charge in [-0.25, -0.2) is 0 Å². The number of allylic oxidation sites excluding steroid dienone is 11. The zero-order valence-corrected chi connectivity index (χ0v) is 51.3. The fourth-order valence-corrected chi connectivity index (χ4v) is 9.74. The monoisotopic (exact) mass is 1080 g/mol. The topological polar surface area (TPSA) is 114 Å². The second-order valence-corrected chi connectivity index (χ2v) is 23.9. The Morgan fingerprint density at radius 1 is 0.474 bits per heavy atom. The molecule has 3 unspecified atom stereocenters. The number of unbranched alkanes of at least 4 members (excludes halogenated alkanes) is 31. The third-order valence-electron chi connectivity index (χ3n) is 13.9. The van der Waals surface area contributed by atoms with Crippen LogP contribution >= 0.6 is 7.82 Å². The van der Waals surface area contributed by atoms with E-state index in [-0.39, 0.29) is 24.9 Å². The summed E-state index contributed by atoms with van der Waals surface area (Å²) in [5.41, 5.74) is 0. The van der Waals surface area contributed by atoms with Crippen molar-refractivity contribution in [3.05, 3.63) is 72.9 Å². The number of esters is 1. The minimum Gasteiger partial charge on any atom is -0.756 e. The Bertz CT molecular complexity index is 1530. The first-order valence-corrected chi connectivity index (χ1v) is 33.2. The van der Waals surface area contributed by atoms with Crippen molar-refractivity contribution in [3.8, 4) is 0 Å². The van der Waals surface area contributed by atoms with Gasteiger partial charge in [0.15, 0.2) is 0 Å². The predicted octanol–water partition coefficient (Wildman–Crippen LogP) is 19.0. The van der Waals surface area contributed by atoms with Gasteiger partial charge in [0.25, 0.3) is 7.82 Å². The normalized spacial score (nSPS) is 14.1. The maximum Gasteiger partial charge on any atom is 0.306 e. The molecule has 0 aliphatic rings. The maximum absolute atomic E-state index is 13.5. The van der Waals surface area contributed by atoms with Crippen molar-refractivity contribution in [1.29, 1.82) is 0 Å². The second kappa shape index (κ2) is 55.8. The molecule has 0 bridgehead atoms. The number of likely N-dealkylation sites (N-methyl/N-ethyl adjacent to an activating group) is 1. The van der Waals surface area contributed by atoms with Crippen molar-refractivity contribution in [2.45, 2.75) is 296 Å². The number of nitrogens with one attached hydrogen (secondary N) is 1. The lowest BCUT2D eigenvalue weighted by molar-refractivity contribution is -0.870. The van der Waals surface area contributed by atoms with Crippen molar-refractivity contribution >= 4 is 19.7 Å². The molecule has 76 heavy (non-hydrogen) atoms. The lowest BCUT2D eigenvalue weighted by Crippen LogP contribution is -2.47. The molecule has 442 valence electrons. The lowest BCUT2D eigenvalue weighted by atomic mass is 10.0. The summed E-state index contributed by atoms with van der Waals surface area (Å²) in [4.78, 5) is 40.0. The van der Waals surface area contributed by atoms with Gasteiger partial charge in [0.05, 0.1) is 33.8 Å². The van der Waals surface area contributed by atoms with Crippen LogP contribution in [-0.4, -0.2) is 69.4 Å². The quantitative estimate of drug-likeness (QED) is 0.0212. The molecule has 10 heteroatoms. The van der Waals surface area contributed by atoms with Crippen LogP contribution in [0.1, 0.15) is 284 Å². The number of hydrogen-bond acceptors (Lipinski definition) is 7. The smallest absolute Gasteiger partial charge is 0.306 e. The van der Waals surface area contributed by atoms with E-state index < -0.39 is 26.6 Å². The van der Waals surface area contributed by atoms with Gasteiger partial charge in [0.1, 0.15) is 19.3 Å². The Hall–Kier alpha value is -2.55. The molecule has 0 heterocycles. The van der Waals surface area contributed by atoms with Gasteiger partial charge in [-0.05, 0) is 76.7 Å². The molecular formula is C66H121N2O7P. The summed E-state index contributed by atoms with van der Waals surface area (Å²) in [6.45, 7) is 6.74. The van der Waals surface area contributed by atoms with Crippen molar-refractivity contribution in [2.75, 3.05) is 40.9 Å². The van der Waals surface area contributed by atoms with Crippen molar-refractivity contribution in [2.24, 2.45) is 0 Å². The molecule has 0 saturated heterocycles. The molecule has 0 aliphatic heterocycles. The molecule has 0 radical (unpaired) electrons. The molecule has 3 atom stereocenters. The third kappa shape index (κ3) is 56.2. The number of ether oxygens (including phenoxy) is 1. The SMILES string of the molecule is CC/C=C\C/C=C\C/C=C\C/C=C\C/C=C\CCCCCCCCCC(=O)OC(/C=C/CCCCCCCCCCCC)C(COP(=O)([O-])OCC[N+](C)(C)C)NC(=O)CCCCCCCCCCCCCCCCC. The van der Waals surface area contributed by atoms with Gasteiger partial charge in [0.2, 0.25) is 5.91 Å². The molecule has 0 fully saturated rings. The van der Waals surface area contributed by atoms with Gasteiger partial charge in [-0.1, -0.05) is 267 Å². The summed E-state index contributed by atoms with van der Waals surface area (Å²) in [7, 11) is 1.18. The van der Waals surface area contributed by atoms with Crippen LogP contribution in [0.4, 0.5) is 0 Å². The minimum absolute atomic E-state index is 0.0250. The summed E-state index contributed by atoms with van der Waals surface area (Å²) in [6, 6.07) is -0.893. The number of hydrogen-bond donors (Lipinski definition) is 1. The van der Waals surface area contributed by atoms with Crippen LogP contribution in [0.15, 0.2) is 72.9 Å². The molecule has 9 nitrogen and oxygen atoms in total. The molecule has 0 spiro atoms. The van der Waals surface area contributed by atoms with Gasteiger partial charge in [-0.2, -0.15) is 0 Å². The lowest BCUT2D eigenvalue weighted by Gasteiger charge is -2.30. The average Bonchev–Trinajstić information content (AvgIpc) is 3.38. The van der Waals surface area contributed by atoms with E-state index >= 15 is 0 Å². The van der Waals surface area contributed by atoms with E-state index in [0.29, 0.717) is 17.4 Å². The Morgan fingerprint density at radius 3 is 1.26 bits per heavy atom. The van der Waals surface area contributed by atoms with Gasteiger partial charge in [-0.15, -0.1) is 0 Å². The van der Waals surface area contributed by atoms with Gasteiger partial charge in [-0.3, -0.25) is 14.2 Å². The highest BCUT2D eigenvalue weighted by molar-refractivity contribution is 7.45. The van der Waals surface area contributed by atoms with Crippen molar-refractivity contribution < 1.29 is 37.3 Å².